The quantitative estimate of drug-likeness (QED) is 0.0847. The van der Waals surface area contributed by atoms with Crippen LogP contribution in [0.5, 0.6) is 11.5 Å². The monoisotopic (exact) mass is 1040 g/mol. The number of nitrogens with one attached hydrogen (secondary N) is 3. The van der Waals surface area contributed by atoms with E-state index < -0.39 is 46.1 Å². The first-order valence-electron chi connectivity index (χ1n) is 23.6. The van der Waals surface area contributed by atoms with E-state index in [0.717, 1.165) is 11.3 Å². The SMILES string of the molecule is CC1(C)C[C@@H](Nc2cccc(-c3sc(C(=O)O)c(OCC(=O)O)c3Cl)c2)CCN1S(=O)(=O)Cc1cccc(NC(=O)C2C[C@@H]3CN(C(=O)COc4cccc5c4CN(C4CCC(=O)NC4=O)C5=O)C[C@@H]3C2)c1. The van der Waals surface area contributed by atoms with Gasteiger partial charge in [-0.25, -0.2) is 18.0 Å². The molecular weight excluding hydrogens is 992 g/mol. The summed E-state index contributed by atoms with van der Waals surface area (Å²) in [4.78, 5) is 90.8. The highest BCUT2D eigenvalue weighted by molar-refractivity contribution is 7.88. The van der Waals surface area contributed by atoms with E-state index in [1.54, 1.807) is 65.6 Å². The summed E-state index contributed by atoms with van der Waals surface area (Å²) in [6, 6.07) is 18.1. The van der Waals surface area contributed by atoms with Crippen molar-refractivity contribution in [1.29, 1.82) is 0 Å². The number of fused-ring (bicyclic) bond motifs is 2. The molecule has 3 aromatic carbocycles. The number of hydrogen-bond acceptors (Lipinski definition) is 13. The molecule has 1 saturated carbocycles. The van der Waals surface area contributed by atoms with Crippen molar-refractivity contribution in [3.63, 3.8) is 0 Å². The second-order valence-electron chi connectivity index (χ2n) is 19.6. The molecule has 72 heavy (non-hydrogen) atoms. The molecule has 4 aromatic rings. The molecule has 22 heteroatoms. The first kappa shape index (κ1) is 50.4. The van der Waals surface area contributed by atoms with Gasteiger partial charge in [-0.15, -0.1) is 11.3 Å². The summed E-state index contributed by atoms with van der Waals surface area (Å²) in [6.45, 7) is 4.09. The lowest BCUT2D eigenvalue weighted by Crippen LogP contribution is -2.55. The molecule has 3 saturated heterocycles. The lowest BCUT2D eigenvalue weighted by atomic mass is 9.89. The Balaban J connectivity index is 0.747. The van der Waals surface area contributed by atoms with Gasteiger partial charge in [0.05, 0.1) is 17.2 Å². The molecule has 2 unspecified atom stereocenters. The fourth-order valence-corrected chi connectivity index (χ4v) is 14.3. The lowest BCUT2D eigenvalue weighted by Gasteiger charge is -2.45. The molecule has 380 valence electrons. The molecule has 5 heterocycles. The van der Waals surface area contributed by atoms with Crippen LogP contribution in [0.25, 0.3) is 10.4 Å². The number of benzene rings is 3. The van der Waals surface area contributed by atoms with E-state index in [9.17, 15) is 47.1 Å². The van der Waals surface area contributed by atoms with Gasteiger partial charge in [0.25, 0.3) is 11.8 Å². The molecular formula is C50H53ClN6O13S2. The second-order valence-corrected chi connectivity index (χ2v) is 22.9. The zero-order chi connectivity index (χ0) is 51.2. The van der Waals surface area contributed by atoms with Gasteiger partial charge in [0.2, 0.25) is 27.7 Å². The van der Waals surface area contributed by atoms with Crippen LogP contribution in [-0.4, -0.2) is 125 Å². The second kappa shape index (κ2) is 20.2. The number of carboxylic acids is 2. The lowest BCUT2D eigenvalue weighted by molar-refractivity contribution is -0.139. The first-order valence-corrected chi connectivity index (χ1v) is 26.4. The average molecular weight is 1050 g/mol. The summed E-state index contributed by atoms with van der Waals surface area (Å²) < 4.78 is 40.9. The summed E-state index contributed by atoms with van der Waals surface area (Å²) in [7, 11) is -3.82. The van der Waals surface area contributed by atoms with Crippen molar-refractivity contribution in [2.24, 2.45) is 17.8 Å². The maximum absolute atomic E-state index is 14.1. The number of anilines is 2. The number of nitrogens with zero attached hydrogens (tertiary/aromatic N) is 3. The number of hydrogen-bond donors (Lipinski definition) is 5. The largest absolute Gasteiger partial charge is 0.483 e. The Bertz CT molecular complexity index is 2980. The van der Waals surface area contributed by atoms with Gasteiger partial charge in [-0.1, -0.05) is 41.9 Å². The van der Waals surface area contributed by atoms with Gasteiger partial charge < -0.3 is 40.1 Å². The Morgan fingerprint density at radius 2 is 1.64 bits per heavy atom. The molecule has 0 spiro atoms. The number of thiophene rings is 1. The number of carboxylic acid groups (broad SMARTS) is 2. The van der Waals surface area contributed by atoms with Crippen LogP contribution in [0.15, 0.2) is 66.7 Å². The fourth-order valence-electron chi connectivity index (χ4n) is 10.9. The highest BCUT2D eigenvalue weighted by Gasteiger charge is 2.46. The molecule has 4 aliphatic heterocycles. The van der Waals surface area contributed by atoms with E-state index in [4.69, 9.17) is 26.2 Å². The number of imide groups is 1. The van der Waals surface area contributed by atoms with Gasteiger partial charge in [-0.3, -0.25) is 29.3 Å². The highest BCUT2D eigenvalue weighted by atomic mass is 35.5. The molecule has 5 N–H and O–H groups in total. The highest BCUT2D eigenvalue weighted by Crippen LogP contribution is 2.47. The standard InChI is InChI=1S/C50H53ClN6O13S2/c1-50(2)20-34(52-33-9-4-7-28(19-33)44-42(51)43(70-25-41(60)61)45(71-44)49(65)66)14-15-57(50)72(67,68)26-27-6-3-8-32(16-27)53-46(62)29-17-30-21-55(22-31(30)18-29)40(59)24-69-38-11-5-10-35-36(38)23-56(48(35)64)37-12-13-39(58)54-47(37)63/h3-11,16,19,29-31,34,37,52H,12-15,17-18,20-26H2,1-2H3,(H,53,62)(H,60,61)(H,65,66)(H,54,58,63)/t29?,30-,31+,34-,37?/m0/s1. The fraction of sp³-hybridized carbons (Fsp3) is 0.420. The maximum atomic E-state index is 14.1. The number of aliphatic carboxylic acids is 1. The first-order chi connectivity index (χ1) is 34.2. The van der Waals surface area contributed by atoms with Crippen molar-refractivity contribution < 1.29 is 61.7 Å². The number of halogens is 1. The third-order valence-electron chi connectivity index (χ3n) is 14.2. The number of piperidine rings is 2. The minimum atomic E-state index is -3.82. The summed E-state index contributed by atoms with van der Waals surface area (Å²) in [5.41, 5.74) is 2.51. The minimum absolute atomic E-state index is 0.00778. The van der Waals surface area contributed by atoms with E-state index in [1.165, 1.54) is 9.21 Å². The number of carbonyl (C=O) groups excluding carboxylic acids is 5. The van der Waals surface area contributed by atoms with Crippen molar-refractivity contribution in [1.82, 2.24) is 19.4 Å². The topological polar surface area (TPSA) is 258 Å². The van der Waals surface area contributed by atoms with Crippen molar-refractivity contribution in [2.75, 3.05) is 43.5 Å². The van der Waals surface area contributed by atoms with Crippen LogP contribution < -0.4 is 25.4 Å². The molecule has 19 nitrogen and oxygen atoms in total. The number of aromatic carboxylic acids is 1. The Kier molecular flexibility index (Phi) is 14.1. The number of likely N-dealkylation sites (tertiary alicyclic amines) is 1. The molecule has 1 aromatic heterocycles. The summed E-state index contributed by atoms with van der Waals surface area (Å²) in [6.07, 6.45) is 2.52. The van der Waals surface area contributed by atoms with Crippen molar-refractivity contribution >= 4 is 85.8 Å². The van der Waals surface area contributed by atoms with Crippen molar-refractivity contribution in [3.8, 4) is 21.9 Å². The molecule has 1 aliphatic carbocycles. The molecule has 5 atom stereocenters. The number of ether oxygens (including phenoxy) is 2. The Morgan fingerprint density at radius 3 is 2.35 bits per heavy atom. The van der Waals surface area contributed by atoms with Gasteiger partial charge in [0.15, 0.2) is 23.8 Å². The summed E-state index contributed by atoms with van der Waals surface area (Å²) in [5, 5.41) is 27.6. The zero-order valence-corrected chi connectivity index (χ0v) is 41.7. The van der Waals surface area contributed by atoms with Gasteiger partial charge in [0, 0.05) is 66.1 Å². The molecule has 0 bridgehead atoms. The third-order valence-corrected chi connectivity index (χ3v) is 17.9. The van der Waals surface area contributed by atoms with Crippen molar-refractivity contribution in [2.45, 2.75) is 82.3 Å². The van der Waals surface area contributed by atoms with E-state index >= 15 is 0 Å². The number of amides is 5. The van der Waals surface area contributed by atoms with Crippen LogP contribution in [0.3, 0.4) is 0 Å². The number of rotatable bonds is 16. The molecule has 0 radical (unpaired) electrons. The Hall–Kier alpha value is -6.55. The normalized spacial score (nSPS) is 22.8. The summed E-state index contributed by atoms with van der Waals surface area (Å²) in [5.74, 6) is -4.31. The van der Waals surface area contributed by atoms with E-state index in [2.05, 4.69) is 16.0 Å². The predicted octanol–water partition coefficient (Wildman–Crippen LogP) is 5.68. The third kappa shape index (κ3) is 10.5. The minimum Gasteiger partial charge on any atom is -0.483 e. The van der Waals surface area contributed by atoms with Crippen LogP contribution in [0.1, 0.15) is 83.5 Å². The molecule has 5 aliphatic rings. The molecule has 5 amide bonds. The van der Waals surface area contributed by atoms with E-state index in [0.29, 0.717) is 83.0 Å². The average Bonchev–Trinajstić information content (AvgIpc) is 4.08. The Morgan fingerprint density at radius 1 is 0.917 bits per heavy atom. The summed E-state index contributed by atoms with van der Waals surface area (Å²) >= 11 is 7.40. The zero-order valence-electron chi connectivity index (χ0n) is 39.4. The van der Waals surface area contributed by atoms with Gasteiger partial charge >= 0.3 is 11.9 Å². The predicted molar refractivity (Wildman–Crippen MR) is 264 cm³/mol. The van der Waals surface area contributed by atoms with Gasteiger partial charge in [-0.05, 0) is 105 Å². The number of carbonyl (C=O) groups is 7. The molecule has 4 fully saturated rings. The van der Waals surface area contributed by atoms with E-state index in [1.807, 2.05) is 19.9 Å². The van der Waals surface area contributed by atoms with Crippen LogP contribution in [0.4, 0.5) is 11.4 Å². The molecule has 9 rings (SSSR count). The van der Waals surface area contributed by atoms with Crippen LogP contribution in [0.2, 0.25) is 5.02 Å². The maximum Gasteiger partial charge on any atom is 0.349 e. The van der Waals surface area contributed by atoms with Gasteiger partial charge in [-0.2, -0.15) is 4.31 Å². The van der Waals surface area contributed by atoms with E-state index in [-0.39, 0.29) is 101 Å². The van der Waals surface area contributed by atoms with Crippen LogP contribution in [0, 0.1) is 17.8 Å². The van der Waals surface area contributed by atoms with Crippen molar-refractivity contribution in [3.05, 3.63) is 93.3 Å². The van der Waals surface area contributed by atoms with Crippen LogP contribution in [-0.2, 0) is 46.3 Å². The Labute approximate surface area is 423 Å². The smallest absolute Gasteiger partial charge is 0.349 e. The van der Waals surface area contributed by atoms with Crippen LogP contribution >= 0.6 is 22.9 Å². The number of sulfonamides is 1. The van der Waals surface area contributed by atoms with Gasteiger partial charge in [0.1, 0.15) is 16.8 Å².